The van der Waals surface area contributed by atoms with Gasteiger partial charge in [-0.3, -0.25) is 0 Å². The fraction of sp³-hybridized carbons (Fsp3) is 1.00. The smallest absolute Gasteiger partial charge is 0.00385 e. The standard InChI is InChI=1S/C13H27N/c1-5-12(4)10-13-6-8-14(9-7-13)11(2)3/h11-13H,5-10H2,1-4H3. The van der Waals surface area contributed by atoms with Crippen molar-refractivity contribution in [2.75, 3.05) is 13.1 Å². The van der Waals surface area contributed by atoms with Crippen molar-refractivity contribution >= 4 is 0 Å². The molecule has 1 rings (SSSR count). The number of nitrogens with zero attached hydrogens (tertiary/aromatic N) is 1. The maximum atomic E-state index is 2.62. The Morgan fingerprint density at radius 1 is 1.14 bits per heavy atom. The highest BCUT2D eigenvalue weighted by Crippen LogP contribution is 2.26. The van der Waals surface area contributed by atoms with Crippen LogP contribution in [0, 0.1) is 11.8 Å². The summed E-state index contributed by atoms with van der Waals surface area (Å²) in [5.74, 6) is 1.95. The van der Waals surface area contributed by atoms with E-state index in [1.165, 1.54) is 38.8 Å². The fourth-order valence-corrected chi connectivity index (χ4v) is 2.44. The van der Waals surface area contributed by atoms with E-state index >= 15 is 0 Å². The Balaban J connectivity index is 2.22. The Morgan fingerprint density at radius 2 is 1.71 bits per heavy atom. The van der Waals surface area contributed by atoms with Gasteiger partial charge in [-0.25, -0.2) is 0 Å². The van der Waals surface area contributed by atoms with Crippen LogP contribution >= 0.6 is 0 Å². The fourth-order valence-electron chi connectivity index (χ4n) is 2.44. The van der Waals surface area contributed by atoms with Crippen LogP contribution in [-0.2, 0) is 0 Å². The van der Waals surface area contributed by atoms with Crippen LogP contribution in [0.3, 0.4) is 0 Å². The molecule has 1 aliphatic rings. The first-order valence-electron chi connectivity index (χ1n) is 6.37. The molecule has 0 bridgehead atoms. The van der Waals surface area contributed by atoms with E-state index in [0.717, 1.165) is 17.9 Å². The molecule has 1 saturated heterocycles. The summed E-state index contributed by atoms with van der Waals surface area (Å²) >= 11 is 0. The van der Waals surface area contributed by atoms with Gasteiger partial charge in [0.15, 0.2) is 0 Å². The zero-order chi connectivity index (χ0) is 10.6. The minimum absolute atomic E-state index is 0.750. The average Bonchev–Trinajstić information content (AvgIpc) is 2.18. The quantitative estimate of drug-likeness (QED) is 0.666. The Bertz CT molecular complexity index is 145. The molecule has 0 amide bonds. The molecule has 0 aromatic carbocycles. The molecule has 0 aliphatic carbocycles. The van der Waals surface area contributed by atoms with Crippen LogP contribution in [0.25, 0.3) is 0 Å². The molecule has 0 radical (unpaired) electrons. The van der Waals surface area contributed by atoms with Crippen LogP contribution in [-0.4, -0.2) is 24.0 Å². The predicted molar refractivity (Wildman–Crippen MR) is 63.5 cm³/mol. The molecular formula is C13H27N. The number of likely N-dealkylation sites (tertiary alicyclic amines) is 1. The van der Waals surface area contributed by atoms with Crippen molar-refractivity contribution in [3.63, 3.8) is 0 Å². The molecule has 1 atom stereocenters. The van der Waals surface area contributed by atoms with Crippen molar-refractivity contribution in [1.82, 2.24) is 4.90 Å². The second-order valence-corrected chi connectivity index (χ2v) is 5.32. The summed E-state index contributed by atoms with van der Waals surface area (Å²) in [6.07, 6.45) is 5.68. The zero-order valence-corrected chi connectivity index (χ0v) is 10.4. The van der Waals surface area contributed by atoms with Gasteiger partial charge in [0.05, 0.1) is 0 Å². The van der Waals surface area contributed by atoms with E-state index in [-0.39, 0.29) is 0 Å². The summed E-state index contributed by atoms with van der Waals surface area (Å²) in [6, 6.07) is 0.750. The van der Waals surface area contributed by atoms with Gasteiger partial charge < -0.3 is 4.90 Å². The molecule has 0 saturated carbocycles. The lowest BCUT2D eigenvalue weighted by molar-refractivity contribution is 0.138. The van der Waals surface area contributed by atoms with Crippen LogP contribution in [0.1, 0.15) is 53.4 Å². The van der Waals surface area contributed by atoms with Gasteiger partial charge in [-0.15, -0.1) is 0 Å². The Hall–Kier alpha value is -0.0400. The lowest BCUT2D eigenvalue weighted by atomic mass is 9.86. The van der Waals surface area contributed by atoms with Gasteiger partial charge in [0.2, 0.25) is 0 Å². The molecule has 0 spiro atoms. The van der Waals surface area contributed by atoms with E-state index < -0.39 is 0 Å². The first-order valence-corrected chi connectivity index (χ1v) is 6.37. The average molecular weight is 197 g/mol. The minimum atomic E-state index is 0.750. The van der Waals surface area contributed by atoms with Gasteiger partial charge in [-0.05, 0) is 58.0 Å². The molecule has 1 heterocycles. The maximum absolute atomic E-state index is 2.62. The van der Waals surface area contributed by atoms with E-state index in [4.69, 9.17) is 0 Å². The summed E-state index contributed by atoms with van der Waals surface area (Å²) in [7, 11) is 0. The van der Waals surface area contributed by atoms with Gasteiger partial charge in [0, 0.05) is 6.04 Å². The number of hydrogen-bond acceptors (Lipinski definition) is 1. The maximum Gasteiger partial charge on any atom is 0.00385 e. The van der Waals surface area contributed by atoms with Crippen molar-refractivity contribution in [3.05, 3.63) is 0 Å². The third-order valence-corrected chi connectivity index (χ3v) is 3.81. The van der Waals surface area contributed by atoms with Gasteiger partial charge in [-0.1, -0.05) is 20.3 Å². The summed E-state index contributed by atoms with van der Waals surface area (Å²) in [6.45, 7) is 12.0. The Kier molecular flexibility index (Phi) is 4.94. The lowest BCUT2D eigenvalue weighted by Crippen LogP contribution is -2.38. The van der Waals surface area contributed by atoms with Crippen LogP contribution in [0.5, 0.6) is 0 Å². The summed E-state index contributed by atoms with van der Waals surface area (Å²) in [5, 5.41) is 0. The van der Waals surface area contributed by atoms with E-state index in [1.54, 1.807) is 0 Å². The van der Waals surface area contributed by atoms with Crippen molar-refractivity contribution < 1.29 is 0 Å². The molecule has 1 heteroatoms. The highest BCUT2D eigenvalue weighted by Gasteiger charge is 2.21. The summed E-state index contributed by atoms with van der Waals surface area (Å²) in [5.41, 5.74) is 0. The Morgan fingerprint density at radius 3 is 2.14 bits per heavy atom. The second-order valence-electron chi connectivity index (χ2n) is 5.32. The van der Waals surface area contributed by atoms with Gasteiger partial charge in [0.25, 0.3) is 0 Å². The predicted octanol–water partition coefficient (Wildman–Crippen LogP) is 3.54. The van der Waals surface area contributed by atoms with Crippen LogP contribution in [0.15, 0.2) is 0 Å². The van der Waals surface area contributed by atoms with Gasteiger partial charge in [0.1, 0.15) is 0 Å². The first kappa shape index (κ1) is 12.0. The largest absolute Gasteiger partial charge is 0.301 e. The highest BCUT2D eigenvalue weighted by atomic mass is 15.1. The van der Waals surface area contributed by atoms with Gasteiger partial charge in [-0.2, -0.15) is 0 Å². The number of piperidine rings is 1. The molecule has 1 fully saturated rings. The normalized spacial score (nSPS) is 22.9. The third-order valence-electron chi connectivity index (χ3n) is 3.81. The summed E-state index contributed by atoms with van der Waals surface area (Å²) in [4.78, 5) is 2.62. The summed E-state index contributed by atoms with van der Waals surface area (Å²) < 4.78 is 0. The molecule has 1 nitrogen and oxygen atoms in total. The van der Waals surface area contributed by atoms with Gasteiger partial charge >= 0.3 is 0 Å². The van der Waals surface area contributed by atoms with E-state index in [1.807, 2.05) is 0 Å². The van der Waals surface area contributed by atoms with E-state index in [9.17, 15) is 0 Å². The topological polar surface area (TPSA) is 3.24 Å². The van der Waals surface area contributed by atoms with Crippen molar-refractivity contribution in [2.45, 2.75) is 59.4 Å². The lowest BCUT2D eigenvalue weighted by Gasteiger charge is -2.35. The highest BCUT2D eigenvalue weighted by molar-refractivity contribution is 4.75. The molecular weight excluding hydrogens is 170 g/mol. The molecule has 1 unspecified atom stereocenters. The SMILES string of the molecule is CCC(C)CC1CCN(C(C)C)CC1. The number of rotatable bonds is 4. The molecule has 0 aromatic rings. The van der Waals surface area contributed by atoms with E-state index in [2.05, 4.69) is 32.6 Å². The Labute approximate surface area is 89.9 Å². The van der Waals surface area contributed by atoms with Crippen LogP contribution in [0.4, 0.5) is 0 Å². The second kappa shape index (κ2) is 5.75. The minimum Gasteiger partial charge on any atom is -0.301 e. The molecule has 1 aliphatic heterocycles. The van der Waals surface area contributed by atoms with Crippen molar-refractivity contribution in [2.24, 2.45) is 11.8 Å². The molecule has 0 N–H and O–H groups in total. The first-order chi connectivity index (χ1) is 6.63. The van der Waals surface area contributed by atoms with Crippen LogP contribution in [0.2, 0.25) is 0 Å². The van der Waals surface area contributed by atoms with Crippen molar-refractivity contribution in [1.29, 1.82) is 0 Å². The molecule has 84 valence electrons. The molecule has 14 heavy (non-hydrogen) atoms. The van der Waals surface area contributed by atoms with Crippen LogP contribution < -0.4 is 0 Å². The number of hydrogen-bond donors (Lipinski definition) is 0. The monoisotopic (exact) mass is 197 g/mol. The zero-order valence-electron chi connectivity index (χ0n) is 10.4. The third kappa shape index (κ3) is 3.61. The van der Waals surface area contributed by atoms with Crippen molar-refractivity contribution in [3.8, 4) is 0 Å². The van der Waals surface area contributed by atoms with E-state index in [0.29, 0.717) is 0 Å². The molecule has 0 aromatic heterocycles.